The van der Waals surface area contributed by atoms with E-state index in [0.717, 1.165) is 18.7 Å². The third-order valence-electron chi connectivity index (χ3n) is 4.04. The minimum Gasteiger partial charge on any atom is -0.494 e. The van der Waals surface area contributed by atoms with Gasteiger partial charge in [-0.1, -0.05) is 11.6 Å². The summed E-state index contributed by atoms with van der Waals surface area (Å²) in [5.74, 6) is 0.780. The van der Waals surface area contributed by atoms with Crippen molar-refractivity contribution in [1.82, 2.24) is 5.32 Å². The molecule has 132 valence electrons. The molecule has 1 aromatic rings. The van der Waals surface area contributed by atoms with Gasteiger partial charge in [0.2, 0.25) is 0 Å². The standard InChI is InChI=1S/C15H19ClN2O6/c16-10-2-4-11(5-3-10)21-7-1-6-17-12-8-22-15-13(24-18(19)20)9-23-14(12)15/h2-5,12-15,17H,1,6-9H2/t12-,13-,14+,15+/m0/s1. The van der Waals surface area contributed by atoms with E-state index >= 15 is 0 Å². The van der Waals surface area contributed by atoms with Gasteiger partial charge in [0.1, 0.15) is 18.0 Å². The van der Waals surface area contributed by atoms with E-state index in [1.807, 2.05) is 12.1 Å². The van der Waals surface area contributed by atoms with Gasteiger partial charge in [-0.15, -0.1) is 10.1 Å². The van der Waals surface area contributed by atoms with Crippen LogP contribution in [0.25, 0.3) is 0 Å². The molecule has 2 saturated heterocycles. The molecule has 8 nitrogen and oxygen atoms in total. The second-order valence-corrected chi connectivity index (χ2v) is 6.12. The normalized spacial score (nSPS) is 28.5. The summed E-state index contributed by atoms with van der Waals surface area (Å²) in [5.41, 5.74) is 0. The fourth-order valence-electron chi connectivity index (χ4n) is 2.92. The lowest BCUT2D eigenvalue weighted by molar-refractivity contribution is -0.769. The number of hydrogen-bond donors (Lipinski definition) is 1. The van der Waals surface area contributed by atoms with E-state index < -0.39 is 17.3 Å². The number of hydrogen-bond acceptors (Lipinski definition) is 7. The van der Waals surface area contributed by atoms with Crippen LogP contribution in [0.15, 0.2) is 24.3 Å². The Kier molecular flexibility index (Phi) is 5.72. The fourth-order valence-corrected chi connectivity index (χ4v) is 3.05. The van der Waals surface area contributed by atoms with Crippen molar-refractivity contribution in [1.29, 1.82) is 0 Å². The molecule has 1 N–H and O–H groups in total. The second-order valence-electron chi connectivity index (χ2n) is 5.68. The summed E-state index contributed by atoms with van der Waals surface area (Å²) in [6, 6.07) is 7.23. The molecule has 0 aromatic heterocycles. The Balaban J connectivity index is 1.34. The van der Waals surface area contributed by atoms with Crippen LogP contribution in [0, 0.1) is 10.1 Å². The van der Waals surface area contributed by atoms with E-state index in [4.69, 9.17) is 25.8 Å². The molecule has 0 radical (unpaired) electrons. The number of nitrogens with one attached hydrogen (secondary N) is 1. The molecule has 1 aromatic carbocycles. The zero-order valence-electron chi connectivity index (χ0n) is 12.9. The van der Waals surface area contributed by atoms with E-state index in [-0.39, 0.29) is 18.8 Å². The van der Waals surface area contributed by atoms with Gasteiger partial charge in [-0.25, -0.2) is 0 Å². The average Bonchev–Trinajstić information content (AvgIpc) is 3.12. The molecule has 0 spiro atoms. The summed E-state index contributed by atoms with van der Waals surface area (Å²) in [6.07, 6.45) is -0.443. The van der Waals surface area contributed by atoms with Crippen molar-refractivity contribution >= 4 is 11.6 Å². The molecule has 2 aliphatic rings. The highest BCUT2D eigenvalue weighted by atomic mass is 35.5. The van der Waals surface area contributed by atoms with Gasteiger partial charge in [-0.2, -0.15) is 0 Å². The number of rotatable bonds is 8. The van der Waals surface area contributed by atoms with E-state index in [2.05, 4.69) is 10.2 Å². The predicted octanol–water partition coefficient (Wildman–Crippen LogP) is 1.44. The van der Waals surface area contributed by atoms with Crippen molar-refractivity contribution < 1.29 is 24.1 Å². The summed E-state index contributed by atoms with van der Waals surface area (Å²) in [6.45, 7) is 1.93. The zero-order valence-corrected chi connectivity index (χ0v) is 13.7. The molecule has 4 atom stereocenters. The van der Waals surface area contributed by atoms with Crippen molar-refractivity contribution in [3.63, 3.8) is 0 Å². The van der Waals surface area contributed by atoms with Gasteiger partial charge < -0.3 is 24.4 Å². The molecular formula is C15H19ClN2O6. The monoisotopic (exact) mass is 358 g/mol. The molecular weight excluding hydrogens is 340 g/mol. The van der Waals surface area contributed by atoms with E-state index in [9.17, 15) is 10.1 Å². The number of benzene rings is 1. The van der Waals surface area contributed by atoms with Crippen molar-refractivity contribution in [2.45, 2.75) is 30.8 Å². The van der Waals surface area contributed by atoms with Gasteiger partial charge in [0, 0.05) is 5.02 Å². The van der Waals surface area contributed by atoms with Gasteiger partial charge in [0.15, 0.2) is 6.10 Å². The Morgan fingerprint density at radius 2 is 2.00 bits per heavy atom. The lowest BCUT2D eigenvalue weighted by atomic mass is 10.1. The maximum absolute atomic E-state index is 10.4. The number of nitrogens with zero attached hydrogens (tertiary/aromatic N) is 1. The van der Waals surface area contributed by atoms with Crippen molar-refractivity contribution in [2.75, 3.05) is 26.4 Å². The van der Waals surface area contributed by atoms with Gasteiger partial charge in [0.05, 0.1) is 25.9 Å². The summed E-state index contributed by atoms with van der Waals surface area (Å²) in [5, 5.41) is 13.7. The Bertz CT molecular complexity index is 557. The fraction of sp³-hybridized carbons (Fsp3) is 0.600. The Morgan fingerprint density at radius 1 is 1.25 bits per heavy atom. The van der Waals surface area contributed by atoms with Crippen LogP contribution in [-0.4, -0.2) is 55.8 Å². The number of halogens is 1. The van der Waals surface area contributed by atoms with Crippen LogP contribution in [0.4, 0.5) is 0 Å². The van der Waals surface area contributed by atoms with Crippen LogP contribution in [0.1, 0.15) is 6.42 Å². The molecule has 0 saturated carbocycles. The van der Waals surface area contributed by atoms with Crippen molar-refractivity contribution in [3.05, 3.63) is 39.4 Å². The predicted molar refractivity (Wildman–Crippen MR) is 84.7 cm³/mol. The molecule has 3 rings (SSSR count). The van der Waals surface area contributed by atoms with Crippen LogP contribution < -0.4 is 10.1 Å². The quantitative estimate of drug-likeness (QED) is 0.427. The van der Waals surface area contributed by atoms with E-state index in [1.54, 1.807) is 12.1 Å². The van der Waals surface area contributed by atoms with Crippen LogP contribution in [0.5, 0.6) is 5.75 Å². The topological polar surface area (TPSA) is 92.1 Å². The molecule has 2 aliphatic heterocycles. The van der Waals surface area contributed by atoms with Crippen LogP contribution in [-0.2, 0) is 14.3 Å². The van der Waals surface area contributed by atoms with Crippen LogP contribution in [0.2, 0.25) is 5.02 Å². The SMILES string of the molecule is O=[N+]([O-])O[C@H]1CO[C@H]2[C@@H]1OC[C@@H]2NCCCOc1ccc(Cl)cc1. The zero-order chi connectivity index (χ0) is 16.9. The Hall–Kier alpha value is -1.61. The molecule has 0 amide bonds. The first-order valence-corrected chi connectivity index (χ1v) is 8.17. The third-order valence-corrected chi connectivity index (χ3v) is 4.29. The molecule has 2 heterocycles. The third kappa shape index (κ3) is 4.27. The van der Waals surface area contributed by atoms with Crippen LogP contribution >= 0.6 is 11.6 Å². The highest BCUT2D eigenvalue weighted by Crippen LogP contribution is 2.28. The molecule has 2 fully saturated rings. The van der Waals surface area contributed by atoms with Gasteiger partial charge in [-0.05, 0) is 37.2 Å². The summed E-state index contributed by atoms with van der Waals surface area (Å²) < 4.78 is 16.8. The maximum atomic E-state index is 10.4. The Morgan fingerprint density at radius 3 is 2.75 bits per heavy atom. The van der Waals surface area contributed by atoms with Gasteiger partial charge in [-0.3, -0.25) is 0 Å². The number of ether oxygens (including phenoxy) is 3. The number of fused-ring (bicyclic) bond motifs is 1. The maximum Gasteiger partial charge on any atom is 0.294 e. The van der Waals surface area contributed by atoms with Crippen molar-refractivity contribution in [3.8, 4) is 5.75 Å². The summed E-state index contributed by atoms with van der Waals surface area (Å²) in [4.78, 5) is 15.0. The highest BCUT2D eigenvalue weighted by molar-refractivity contribution is 6.30. The lowest BCUT2D eigenvalue weighted by Crippen LogP contribution is -2.42. The molecule has 9 heteroatoms. The average molecular weight is 359 g/mol. The van der Waals surface area contributed by atoms with Crippen molar-refractivity contribution in [2.24, 2.45) is 0 Å². The summed E-state index contributed by atoms with van der Waals surface area (Å²) >= 11 is 5.81. The Labute approximate surface area is 144 Å². The van der Waals surface area contributed by atoms with E-state index in [1.165, 1.54) is 0 Å². The van der Waals surface area contributed by atoms with Gasteiger partial charge >= 0.3 is 0 Å². The minimum atomic E-state index is -0.797. The highest BCUT2D eigenvalue weighted by Gasteiger charge is 2.49. The molecule has 0 bridgehead atoms. The smallest absolute Gasteiger partial charge is 0.294 e. The second kappa shape index (κ2) is 7.98. The van der Waals surface area contributed by atoms with E-state index in [0.29, 0.717) is 18.2 Å². The van der Waals surface area contributed by atoms with Gasteiger partial charge in [0.25, 0.3) is 5.09 Å². The molecule has 0 unspecified atom stereocenters. The first-order valence-electron chi connectivity index (χ1n) is 7.79. The first kappa shape index (κ1) is 17.2. The summed E-state index contributed by atoms with van der Waals surface area (Å²) in [7, 11) is 0. The molecule has 24 heavy (non-hydrogen) atoms. The molecule has 0 aliphatic carbocycles. The first-order chi connectivity index (χ1) is 11.6. The largest absolute Gasteiger partial charge is 0.494 e. The van der Waals surface area contributed by atoms with Crippen LogP contribution in [0.3, 0.4) is 0 Å². The minimum absolute atomic E-state index is 0.00545. The lowest BCUT2D eigenvalue weighted by Gasteiger charge is -2.17.